The largest absolute Gasteiger partial charge is 0.497 e. The van der Waals surface area contributed by atoms with Crippen molar-refractivity contribution in [1.82, 2.24) is 9.97 Å². The Morgan fingerprint density at radius 3 is 2.84 bits per heavy atom. The first-order chi connectivity index (χ1) is 9.26. The number of H-pyrrole nitrogens is 1. The van der Waals surface area contributed by atoms with E-state index in [-0.39, 0.29) is 5.91 Å². The van der Waals surface area contributed by atoms with Gasteiger partial charge < -0.3 is 15.0 Å². The van der Waals surface area contributed by atoms with Crippen LogP contribution in [0.5, 0.6) is 5.75 Å². The van der Waals surface area contributed by atoms with Gasteiger partial charge >= 0.3 is 0 Å². The van der Waals surface area contributed by atoms with E-state index < -0.39 is 0 Å². The molecule has 6 heteroatoms. The molecule has 3 rings (SSSR count). The lowest BCUT2D eigenvalue weighted by atomic mass is 10.3. The van der Waals surface area contributed by atoms with E-state index in [1.807, 2.05) is 0 Å². The lowest BCUT2D eigenvalue weighted by Gasteiger charge is -2.04. The summed E-state index contributed by atoms with van der Waals surface area (Å²) in [5, 5.41) is 2.81. The smallest absolute Gasteiger partial charge is 0.272 e. The Morgan fingerprint density at radius 1 is 1.37 bits per heavy atom. The van der Waals surface area contributed by atoms with E-state index in [1.54, 1.807) is 43.0 Å². The minimum atomic E-state index is -0.185. The van der Waals surface area contributed by atoms with Crippen molar-refractivity contribution in [2.24, 2.45) is 0 Å². The lowest BCUT2D eigenvalue weighted by Crippen LogP contribution is -2.12. The maximum Gasteiger partial charge on any atom is 0.272 e. The molecule has 1 amide bonds. The van der Waals surface area contributed by atoms with Crippen molar-refractivity contribution in [2.75, 3.05) is 12.4 Å². The Kier molecular flexibility index (Phi) is 2.92. The summed E-state index contributed by atoms with van der Waals surface area (Å²) in [6.07, 6.45) is 0. The zero-order valence-electron chi connectivity index (χ0n) is 10.1. The second kappa shape index (κ2) is 4.74. The van der Waals surface area contributed by atoms with Gasteiger partial charge in [-0.2, -0.15) is 0 Å². The zero-order chi connectivity index (χ0) is 13.2. The Morgan fingerprint density at radius 2 is 2.16 bits per heavy atom. The van der Waals surface area contributed by atoms with E-state index in [0.717, 1.165) is 21.8 Å². The normalized spacial score (nSPS) is 10.6. The van der Waals surface area contributed by atoms with Gasteiger partial charge in [0.2, 0.25) is 0 Å². The molecule has 0 atom stereocenters. The molecular formula is C13H11N3O2S. The van der Waals surface area contributed by atoms with Gasteiger partial charge in [-0.05, 0) is 30.3 Å². The maximum absolute atomic E-state index is 12.0. The number of nitrogens with zero attached hydrogens (tertiary/aromatic N) is 1. The predicted molar refractivity (Wildman–Crippen MR) is 74.9 cm³/mol. The molecule has 0 spiro atoms. The van der Waals surface area contributed by atoms with Crippen LogP contribution in [0.1, 0.15) is 10.5 Å². The predicted octanol–water partition coefficient (Wildman–Crippen LogP) is 2.89. The number of carbonyl (C=O) groups excluding carboxylic acids is 1. The number of aromatic amines is 1. The first-order valence-electron chi connectivity index (χ1n) is 5.64. The number of carbonyl (C=O) groups is 1. The fraction of sp³-hybridized carbons (Fsp3) is 0.0769. The number of nitrogens with one attached hydrogen (secondary N) is 2. The summed E-state index contributed by atoms with van der Waals surface area (Å²) in [6.45, 7) is 0. The van der Waals surface area contributed by atoms with Gasteiger partial charge in [0.05, 0.1) is 17.3 Å². The highest BCUT2D eigenvalue weighted by Gasteiger charge is 2.11. The third kappa shape index (κ3) is 2.30. The molecule has 0 aliphatic rings. The number of rotatable bonds is 3. The van der Waals surface area contributed by atoms with Crippen LogP contribution in [0.3, 0.4) is 0 Å². The molecule has 2 aromatic heterocycles. The van der Waals surface area contributed by atoms with E-state index >= 15 is 0 Å². The van der Waals surface area contributed by atoms with Crippen LogP contribution in [0.2, 0.25) is 0 Å². The number of amides is 1. The topological polar surface area (TPSA) is 67.0 Å². The number of hydrogen-bond donors (Lipinski definition) is 2. The van der Waals surface area contributed by atoms with Crippen LogP contribution in [0.25, 0.3) is 10.3 Å². The number of hydrogen-bond acceptors (Lipinski definition) is 4. The molecule has 2 heterocycles. The number of aromatic nitrogens is 2. The molecule has 19 heavy (non-hydrogen) atoms. The maximum atomic E-state index is 12.0. The number of thiazole rings is 1. The van der Waals surface area contributed by atoms with Crippen molar-refractivity contribution in [3.8, 4) is 5.75 Å². The molecule has 0 radical (unpaired) electrons. The highest BCUT2D eigenvalue weighted by Crippen LogP contribution is 2.20. The van der Waals surface area contributed by atoms with Gasteiger partial charge in [-0.3, -0.25) is 4.79 Å². The van der Waals surface area contributed by atoms with E-state index in [1.165, 1.54) is 11.3 Å². The van der Waals surface area contributed by atoms with Crippen LogP contribution in [-0.2, 0) is 0 Å². The van der Waals surface area contributed by atoms with Gasteiger partial charge in [0.1, 0.15) is 17.1 Å². The summed E-state index contributed by atoms with van der Waals surface area (Å²) in [5.41, 5.74) is 3.71. The van der Waals surface area contributed by atoms with Crippen LogP contribution in [0, 0.1) is 0 Å². The molecule has 0 saturated carbocycles. The summed E-state index contributed by atoms with van der Waals surface area (Å²) >= 11 is 1.50. The highest BCUT2D eigenvalue weighted by molar-refractivity contribution is 7.16. The van der Waals surface area contributed by atoms with Crippen LogP contribution in [0.15, 0.2) is 35.8 Å². The number of methoxy groups -OCH3 is 1. The quantitative estimate of drug-likeness (QED) is 0.771. The van der Waals surface area contributed by atoms with E-state index in [4.69, 9.17) is 4.74 Å². The Hall–Kier alpha value is -2.34. The fourth-order valence-electron chi connectivity index (χ4n) is 1.74. The average molecular weight is 273 g/mol. The van der Waals surface area contributed by atoms with Gasteiger partial charge in [0.15, 0.2) is 0 Å². The van der Waals surface area contributed by atoms with Gasteiger partial charge in [0, 0.05) is 5.69 Å². The molecule has 0 unspecified atom stereocenters. The summed E-state index contributed by atoms with van der Waals surface area (Å²) in [7, 11) is 1.60. The molecule has 3 aromatic rings. The van der Waals surface area contributed by atoms with E-state index in [0.29, 0.717) is 5.69 Å². The van der Waals surface area contributed by atoms with Crippen LogP contribution in [-0.4, -0.2) is 23.0 Å². The number of fused-ring (bicyclic) bond motifs is 1. The Labute approximate surface area is 113 Å². The molecule has 96 valence electrons. The summed E-state index contributed by atoms with van der Waals surface area (Å²) in [4.78, 5) is 19.1. The van der Waals surface area contributed by atoms with Gasteiger partial charge in [-0.1, -0.05) is 0 Å². The monoisotopic (exact) mass is 273 g/mol. The molecule has 0 aliphatic carbocycles. The molecule has 1 aromatic carbocycles. The van der Waals surface area contributed by atoms with Crippen LogP contribution in [0.4, 0.5) is 5.69 Å². The van der Waals surface area contributed by atoms with Crippen molar-refractivity contribution in [2.45, 2.75) is 0 Å². The molecule has 0 aliphatic heterocycles. The molecule has 0 bridgehead atoms. The van der Waals surface area contributed by atoms with E-state index in [2.05, 4.69) is 15.3 Å². The van der Waals surface area contributed by atoms with Crippen molar-refractivity contribution < 1.29 is 9.53 Å². The number of benzene rings is 1. The summed E-state index contributed by atoms with van der Waals surface area (Å²) < 4.78 is 6.03. The second-order valence-corrected chi connectivity index (χ2v) is 4.82. The SMILES string of the molecule is COc1ccc(NC(=O)c2cc3scnc3[nH]2)cc1. The van der Waals surface area contributed by atoms with Crippen molar-refractivity contribution in [3.05, 3.63) is 41.5 Å². The number of anilines is 1. The molecule has 0 saturated heterocycles. The third-order valence-corrected chi connectivity index (χ3v) is 3.49. The average Bonchev–Trinajstić information content (AvgIpc) is 3.00. The highest BCUT2D eigenvalue weighted by atomic mass is 32.1. The molecular weight excluding hydrogens is 262 g/mol. The molecule has 5 nitrogen and oxygen atoms in total. The fourth-order valence-corrected chi connectivity index (χ4v) is 2.41. The van der Waals surface area contributed by atoms with Crippen LogP contribution >= 0.6 is 11.3 Å². The van der Waals surface area contributed by atoms with Gasteiger partial charge in [-0.15, -0.1) is 11.3 Å². The zero-order valence-corrected chi connectivity index (χ0v) is 11.0. The van der Waals surface area contributed by atoms with Crippen molar-refractivity contribution in [1.29, 1.82) is 0 Å². The first kappa shape index (κ1) is 11.7. The second-order valence-electron chi connectivity index (χ2n) is 3.93. The van der Waals surface area contributed by atoms with Crippen LogP contribution < -0.4 is 10.1 Å². The molecule has 2 N–H and O–H groups in total. The Balaban J connectivity index is 1.78. The summed E-state index contributed by atoms with van der Waals surface area (Å²) in [5.74, 6) is 0.568. The minimum absolute atomic E-state index is 0.185. The Bertz CT molecular complexity index is 686. The first-order valence-corrected chi connectivity index (χ1v) is 6.52. The standard InChI is InChI=1S/C13H11N3O2S/c1-18-9-4-2-8(3-5-9)15-13(17)10-6-11-12(16-10)14-7-19-11/h2-7,16H,1H3,(H,15,17). The molecule has 0 fully saturated rings. The van der Waals surface area contributed by atoms with Crippen molar-refractivity contribution >= 4 is 33.3 Å². The van der Waals surface area contributed by atoms with Gasteiger partial charge in [-0.25, -0.2) is 4.98 Å². The van der Waals surface area contributed by atoms with Gasteiger partial charge in [0.25, 0.3) is 5.91 Å². The van der Waals surface area contributed by atoms with Crippen molar-refractivity contribution in [3.63, 3.8) is 0 Å². The van der Waals surface area contributed by atoms with E-state index in [9.17, 15) is 4.79 Å². The summed E-state index contributed by atoms with van der Waals surface area (Å²) in [6, 6.07) is 8.97. The number of ether oxygens (including phenoxy) is 1. The third-order valence-electron chi connectivity index (χ3n) is 2.72. The lowest BCUT2D eigenvalue weighted by molar-refractivity contribution is 0.102. The minimum Gasteiger partial charge on any atom is -0.497 e.